The van der Waals surface area contributed by atoms with Crippen molar-refractivity contribution < 1.29 is 1.37 Å². The van der Waals surface area contributed by atoms with Crippen LogP contribution in [0.3, 0.4) is 0 Å². The second kappa shape index (κ2) is 1.63. The largest absolute Gasteiger partial charge is 0.122 e. The first-order valence-corrected chi connectivity index (χ1v) is 3.79. The maximum absolute atomic E-state index is 7.57. The van der Waals surface area contributed by atoms with Crippen molar-refractivity contribution in [2.75, 3.05) is 0 Å². The molecule has 8 heavy (non-hydrogen) atoms. The minimum Gasteiger partial charge on any atom is -0.122 e. The Hall–Kier alpha value is 0.290. The molecule has 3 unspecified atom stereocenters. The number of halogens is 1. The van der Waals surface area contributed by atoms with Gasteiger partial charge in [0.1, 0.15) is 0 Å². The summed E-state index contributed by atoms with van der Waals surface area (Å²) in [6, 6.07) is 0. The Labute approximate surface area is 56.6 Å². The molecule has 0 aromatic carbocycles. The van der Waals surface area contributed by atoms with Crippen molar-refractivity contribution in [1.29, 1.82) is 0 Å². The number of hydrogen-bond acceptors (Lipinski definition) is 0. The SMILES string of the molecule is [2H][C@@H]1CC2CCC1C2Cl. The number of hydrogen-bond donors (Lipinski definition) is 0. The van der Waals surface area contributed by atoms with Crippen LogP contribution < -0.4 is 0 Å². The standard InChI is InChI=1S/C7H11Cl/c8-7-5-1-2-6(7)4-3-5/h5-7H,1-4H2/i1D/t1-,5?,6?,7?/m1/s1. The van der Waals surface area contributed by atoms with Crippen molar-refractivity contribution in [2.45, 2.75) is 31.0 Å². The molecule has 2 fully saturated rings. The lowest BCUT2D eigenvalue weighted by Gasteiger charge is -2.04. The van der Waals surface area contributed by atoms with Crippen LogP contribution in [0.15, 0.2) is 0 Å². The van der Waals surface area contributed by atoms with E-state index < -0.39 is 0 Å². The predicted molar refractivity (Wildman–Crippen MR) is 35.1 cm³/mol. The van der Waals surface area contributed by atoms with Gasteiger partial charge in [-0.1, -0.05) is 0 Å². The minimum absolute atomic E-state index is 0.172. The third kappa shape index (κ3) is 0.526. The average molecular weight is 132 g/mol. The van der Waals surface area contributed by atoms with Crippen LogP contribution in [0.4, 0.5) is 0 Å². The Morgan fingerprint density at radius 2 is 2.00 bits per heavy atom. The van der Waals surface area contributed by atoms with Crippen LogP contribution in [0.2, 0.25) is 0 Å². The molecule has 4 atom stereocenters. The predicted octanol–water partition coefficient (Wildman–Crippen LogP) is 2.41. The zero-order chi connectivity index (χ0) is 6.43. The fourth-order valence-corrected chi connectivity index (χ4v) is 2.38. The van der Waals surface area contributed by atoms with E-state index in [0.29, 0.717) is 17.2 Å². The summed E-state index contributed by atoms with van der Waals surface area (Å²) in [6.07, 6.45) is 3.74. The summed E-state index contributed by atoms with van der Waals surface area (Å²) in [7, 11) is 0. The van der Waals surface area contributed by atoms with Gasteiger partial charge in [-0.3, -0.25) is 0 Å². The van der Waals surface area contributed by atoms with E-state index in [-0.39, 0.29) is 6.40 Å². The first kappa shape index (κ1) is 4.16. The maximum atomic E-state index is 7.57. The fourth-order valence-electron chi connectivity index (χ4n) is 1.92. The van der Waals surface area contributed by atoms with Crippen molar-refractivity contribution in [3.05, 3.63) is 0 Å². The van der Waals surface area contributed by atoms with Crippen LogP contribution in [0.1, 0.15) is 27.0 Å². The van der Waals surface area contributed by atoms with Gasteiger partial charge < -0.3 is 0 Å². The second-order valence-electron chi connectivity index (χ2n) is 2.92. The summed E-state index contributed by atoms with van der Waals surface area (Å²) in [5.41, 5.74) is 0. The zero-order valence-electron chi connectivity index (χ0n) is 5.81. The minimum atomic E-state index is 0.172. The molecule has 2 aliphatic rings. The molecule has 2 rings (SSSR count). The van der Waals surface area contributed by atoms with Gasteiger partial charge in [-0.05, 0) is 37.5 Å². The molecule has 0 N–H and O–H groups in total. The highest BCUT2D eigenvalue weighted by Crippen LogP contribution is 2.47. The third-order valence-electron chi connectivity index (χ3n) is 2.47. The van der Waals surface area contributed by atoms with Crippen molar-refractivity contribution in [2.24, 2.45) is 11.8 Å². The molecule has 2 bridgehead atoms. The molecule has 0 spiro atoms. The topological polar surface area (TPSA) is 0 Å². The van der Waals surface area contributed by atoms with Crippen LogP contribution in [0, 0.1) is 11.8 Å². The number of fused-ring (bicyclic) bond motifs is 2. The molecular weight excluding hydrogens is 120 g/mol. The summed E-state index contributed by atoms with van der Waals surface area (Å²) < 4.78 is 7.57. The molecule has 0 aromatic rings. The Morgan fingerprint density at radius 3 is 2.25 bits per heavy atom. The van der Waals surface area contributed by atoms with Gasteiger partial charge in [0.05, 0.1) is 0 Å². The van der Waals surface area contributed by atoms with Gasteiger partial charge in [0.2, 0.25) is 0 Å². The van der Waals surface area contributed by atoms with Gasteiger partial charge in [-0.25, -0.2) is 0 Å². The van der Waals surface area contributed by atoms with Gasteiger partial charge in [0.25, 0.3) is 0 Å². The normalized spacial score (nSPS) is 63.9. The first-order valence-electron chi connectivity index (χ1n) is 3.93. The van der Waals surface area contributed by atoms with E-state index in [2.05, 4.69) is 0 Å². The van der Waals surface area contributed by atoms with Crippen molar-refractivity contribution in [1.82, 2.24) is 0 Å². The third-order valence-corrected chi connectivity index (χ3v) is 3.15. The first-order chi connectivity index (χ1) is 4.29. The van der Waals surface area contributed by atoms with E-state index in [0.717, 1.165) is 6.42 Å². The molecule has 0 heterocycles. The lowest BCUT2D eigenvalue weighted by atomic mass is 10.0. The summed E-state index contributed by atoms with van der Waals surface area (Å²) in [4.78, 5) is 0. The van der Waals surface area contributed by atoms with E-state index in [9.17, 15) is 0 Å². The van der Waals surface area contributed by atoms with Gasteiger partial charge >= 0.3 is 0 Å². The Bertz CT molecular complexity index is 126. The van der Waals surface area contributed by atoms with Crippen LogP contribution in [-0.4, -0.2) is 5.38 Å². The molecule has 2 aliphatic carbocycles. The molecule has 0 radical (unpaired) electrons. The van der Waals surface area contributed by atoms with Crippen LogP contribution in [-0.2, 0) is 0 Å². The second-order valence-corrected chi connectivity index (χ2v) is 3.42. The Balaban J connectivity index is 2.16. The van der Waals surface area contributed by atoms with Gasteiger partial charge in [0, 0.05) is 6.75 Å². The maximum Gasteiger partial charge on any atom is 0.0392 e. The summed E-state index contributed by atoms with van der Waals surface area (Å²) in [5.74, 6) is 1.23. The van der Waals surface area contributed by atoms with Crippen LogP contribution in [0.5, 0.6) is 0 Å². The van der Waals surface area contributed by atoms with Crippen LogP contribution in [0.25, 0.3) is 0 Å². The smallest absolute Gasteiger partial charge is 0.0392 e. The van der Waals surface area contributed by atoms with Crippen molar-refractivity contribution in [3.63, 3.8) is 0 Å². The molecule has 2 saturated carbocycles. The van der Waals surface area contributed by atoms with E-state index >= 15 is 0 Å². The molecule has 0 amide bonds. The zero-order valence-corrected chi connectivity index (χ0v) is 5.56. The average Bonchev–Trinajstić information content (AvgIpc) is 2.25. The molecular formula is C7H11Cl. The van der Waals surface area contributed by atoms with Gasteiger partial charge in [-0.15, -0.1) is 11.6 Å². The van der Waals surface area contributed by atoms with Gasteiger partial charge in [0.15, 0.2) is 0 Å². The Morgan fingerprint density at radius 1 is 1.25 bits per heavy atom. The van der Waals surface area contributed by atoms with Crippen molar-refractivity contribution >= 4 is 11.6 Å². The van der Waals surface area contributed by atoms with E-state index in [1.165, 1.54) is 12.8 Å². The van der Waals surface area contributed by atoms with Crippen molar-refractivity contribution in [3.8, 4) is 0 Å². The van der Waals surface area contributed by atoms with E-state index in [4.69, 9.17) is 13.0 Å². The fraction of sp³-hybridized carbons (Fsp3) is 1.00. The molecule has 0 saturated heterocycles. The van der Waals surface area contributed by atoms with Gasteiger partial charge in [-0.2, -0.15) is 0 Å². The molecule has 0 nitrogen and oxygen atoms in total. The number of rotatable bonds is 0. The summed E-state index contributed by atoms with van der Waals surface area (Å²) in [5, 5.41) is 0.354. The molecule has 0 aromatic heterocycles. The van der Waals surface area contributed by atoms with E-state index in [1.54, 1.807) is 0 Å². The highest BCUT2D eigenvalue weighted by molar-refractivity contribution is 6.21. The monoisotopic (exact) mass is 131 g/mol. The highest BCUT2D eigenvalue weighted by Gasteiger charge is 2.39. The lowest BCUT2D eigenvalue weighted by Crippen LogP contribution is -2.02. The highest BCUT2D eigenvalue weighted by atomic mass is 35.5. The van der Waals surface area contributed by atoms with E-state index in [1.807, 2.05) is 0 Å². The van der Waals surface area contributed by atoms with Crippen LogP contribution >= 0.6 is 11.6 Å². The lowest BCUT2D eigenvalue weighted by molar-refractivity contribution is 0.480. The summed E-state index contributed by atoms with van der Waals surface area (Å²) >= 11 is 6.05. The molecule has 0 aliphatic heterocycles. The number of alkyl halides is 1. The molecule has 1 heteroatoms. The summed E-state index contributed by atoms with van der Waals surface area (Å²) in [6.45, 7) is 0. The quantitative estimate of drug-likeness (QED) is 0.443. The molecule has 46 valence electrons. The Kier molecular flexibility index (Phi) is 0.849.